The van der Waals surface area contributed by atoms with Gasteiger partial charge in [0.25, 0.3) is 11.1 Å². The fourth-order valence-electron chi connectivity index (χ4n) is 4.82. The Hall–Kier alpha value is -2.73. The van der Waals surface area contributed by atoms with Gasteiger partial charge in [0.05, 0.1) is 19.3 Å². The first-order valence-corrected chi connectivity index (χ1v) is 15.8. The van der Waals surface area contributed by atoms with E-state index in [9.17, 15) is 38.8 Å². The zero-order valence-electron chi connectivity index (χ0n) is 25.4. The van der Waals surface area contributed by atoms with Crippen LogP contribution in [0.4, 0.5) is 0 Å². The molecule has 18 heteroatoms. The first-order chi connectivity index (χ1) is 20.7. The molecule has 0 spiro atoms. The quantitative estimate of drug-likeness (QED) is 0.194. The molecule has 2 aliphatic heterocycles. The molecular weight excluding hydrogens is 605 g/mol. The van der Waals surface area contributed by atoms with E-state index in [1.165, 1.54) is 45.9 Å². The Bertz CT molecular complexity index is 1530. The molecule has 2 saturated heterocycles. The molecule has 44 heavy (non-hydrogen) atoms. The Morgan fingerprint density at radius 2 is 1.39 bits per heavy atom. The van der Waals surface area contributed by atoms with Crippen LogP contribution in [0.25, 0.3) is 0 Å². The Labute approximate surface area is 252 Å². The average Bonchev–Trinajstić information content (AvgIpc) is 3.55. The van der Waals surface area contributed by atoms with Crippen molar-refractivity contribution in [1.29, 1.82) is 0 Å². The predicted molar refractivity (Wildman–Crippen MR) is 156 cm³/mol. The molecule has 0 bridgehead atoms. The van der Waals surface area contributed by atoms with Crippen LogP contribution in [-0.4, -0.2) is 96.4 Å². The zero-order valence-corrected chi connectivity index (χ0v) is 26.3. The number of hydrogen-bond donors (Lipinski definition) is 5. The molecule has 4 heterocycles. The molecule has 0 radical (unpaired) electrons. The van der Waals surface area contributed by atoms with Crippen molar-refractivity contribution < 1.29 is 38.2 Å². The number of aryl methyl sites for hydroxylation is 2. The summed E-state index contributed by atoms with van der Waals surface area (Å²) in [4.78, 5) is 64.3. The van der Waals surface area contributed by atoms with Gasteiger partial charge >= 0.3 is 19.2 Å². The van der Waals surface area contributed by atoms with Crippen molar-refractivity contribution in [2.45, 2.75) is 84.3 Å². The lowest BCUT2D eigenvalue weighted by Crippen LogP contribution is -2.33. The van der Waals surface area contributed by atoms with Crippen molar-refractivity contribution in [3.63, 3.8) is 0 Å². The van der Waals surface area contributed by atoms with Crippen LogP contribution in [0.1, 0.15) is 57.2 Å². The fourth-order valence-corrected chi connectivity index (χ4v) is 5.78. The number of aromatic nitrogens is 4. The van der Waals surface area contributed by atoms with E-state index in [1.807, 2.05) is 0 Å². The molecule has 17 nitrogen and oxygen atoms in total. The van der Waals surface area contributed by atoms with Gasteiger partial charge in [-0.15, -0.1) is 0 Å². The van der Waals surface area contributed by atoms with Crippen molar-refractivity contribution in [2.24, 2.45) is 0 Å². The highest BCUT2D eigenvalue weighted by atomic mass is 31.2. The third-order valence-electron chi connectivity index (χ3n) is 7.49. The Kier molecular flexibility index (Phi) is 12.6. The summed E-state index contributed by atoms with van der Waals surface area (Å²) in [7, 11) is -4.78. The van der Waals surface area contributed by atoms with E-state index in [1.54, 1.807) is 0 Å². The van der Waals surface area contributed by atoms with Crippen LogP contribution in [0.3, 0.4) is 0 Å². The topological polar surface area (TPSA) is 228 Å². The van der Waals surface area contributed by atoms with Crippen LogP contribution in [0.2, 0.25) is 0 Å². The SMILES string of the molecule is CCN(CC)CC.Cc1cn([C@H]2C[C@H](O)C(COP(=O)(O)O[C@H]3C[C@H](n4cc(C)c(=O)[nH]c4=O)O[C@@H]3CO)O2)c(=O)[nH]c1=O. The van der Waals surface area contributed by atoms with Gasteiger partial charge in [0, 0.05) is 36.4 Å². The maximum absolute atomic E-state index is 12.6. The van der Waals surface area contributed by atoms with Crippen LogP contribution in [-0.2, 0) is 23.1 Å². The summed E-state index contributed by atoms with van der Waals surface area (Å²) in [5.41, 5.74) is -2.15. The number of aromatic amines is 2. The maximum atomic E-state index is 12.6. The van der Waals surface area contributed by atoms with E-state index in [-0.39, 0.29) is 24.0 Å². The molecule has 7 atom stereocenters. The summed E-state index contributed by atoms with van der Waals surface area (Å²) in [6.07, 6.45) is -4.07. The summed E-state index contributed by atoms with van der Waals surface area (Å²) in [6.45, 7) is 11.9. The van der Waals surface area contributed by atoms with Crippen LogP contribution in [0.15, 0.2) is 31.6 Å². The van der Waals surface area contributed by atoms with E-state index in [0.717, 1.165) is 9.13 Å². The molecule has 248 valence electrons. The molecule has 0 aromatic carbocycles. The smallest absolute Gasteiger partial charge is 0.394 e. The number of aliphatic hydroxyl groups is 2. The fraction of sp³-hybridized carbons (Fsp3) is 0.692. The van der Waals surface area contributed by atoms with Crippen molar-refractivity contribution in [3.8, 4) is 0 Å². The Morgan fingerprint density at radius 1 is 0.909 bits per heavy atom. The second-order valence-corrected chi connectivity index (χ2v) is 11.9. The number of ether oxygens (including phenoxy) is 2. The number of rotatable bonds is 11. The van der Waals surface area contributed by atoms with E-state index in [2.05, 4.69) is 35.6 Å². The molecule has 0 amide bonds. The third-order valence-corrected chi connectivity index (χ3v) is 8.50. The molecular formula is C26H42N5O12P. The molecule has 2 fully saturated rings. The summed E-state index contributed by atoms with van der Waals surface area (Å²) in [5.74, 6) is 0. The first kappa shape index (κ1) is 35.7. The molecule has 2 aromatic heterocycles. The van der Waals surface area contributed by atoms with Gasteiger partial charge < -0.3 is 29.5 Å². The van der Waals surface area contributed by atoms with Gasteiger partial charge in [0.15, 0.2) is 0 Å². The summed E-state index contributed by atoms with van der Waals surface area (Å²) >= 11 is 0. The molecule has 5 N–H and O–H groups in total. The number of phosphoric acid groups is 1. The van der Waals surface area contributed by atoms with Crippen molar-refractivity contribution in [3.05, 3.63) is 65.2 Å². The highest BCUT2D eigenvalue weighted by Crippen LogP contribution is 2.48. The molecule has 2 aliphatic rings. The molecule has 0 aliphatic carbocycles. The van der Waals surface area contributed by atoms with Gasteiger partial charge in [-0.3, -0.25) is 37.7 Å². The van der Waals surface area contributed by atoms with Gasteiger partial charge in [0.1, 0.15) is 30.8 Å². The number of H-pyrrole nitrogens is 2. The highest BCUT2D eigenvalue weighted by molar-refractivity contribution is 7.47. The molecule has 0 saturated carbocycles. The van der Waals surface area contributed by atoms with Crippen LogP contribution in [0.5, 0.6) is 0 Å². The minimum atomic E-state index is -4.78. The maximum Gasteiger partial charge on any atom is 0.472 e. The third kappa shape index (κ3) is 8.93. The number of phosphoric ester groups is 1. The molecule has 2 aromatic rings. The van der Waals surface area contributed by atoms with Gasteiger partial charge in [-0.25, -0.2) is 14.2 Å². The van der Waals surface area contributed by atoms with E-state index >= 15 is 0 Å². The van der Waals surface area contributed by atoms with E-state index in [0.29, 0.717) is 0 Å². The molecule has 2 unspecified atom stereocenters. The van der Waals surface area contributed by atoms with Crippen LogP contribution in [0, 0.1) is 13.8 Å². The zero-order chi connectivity index (χ0) is 32.8. The minimum absolute atomic E-state index is 0.0475. The monoisotopic (exact) mass is 647 g/mol. The number of hydrogen-bond acceptors (Lipinski definition) is 12. The summed E-state index contributed by atoms with van der Waals surface area (Å²) in [6, 6.07) is 0. The standard InChI is InChI=1S/C20H27N4O12P.C6H15N/c1-9-5-23(19(29)21-17(9)27)15-3-11(26)14(35-15)8-33-37(31,32)36-12-4-16(34-13(12)7-25)24-6-10(2)18(28)22-20(24)30;1-4-7(5-2)6-3/h5-6,11-16,25-26H,3-4,7-8H2,1-2H3,(H,31,32)(H,21,27,29)(H,22,28,30);4-6H2,1-3H3/t11-,12-,13+,14?,15+,16+;/m0./s1. The lowest BCUT2D eigenvalue weighted by atomic mass is 10.2. The first-order valence-electron chi connectivity index (χ1n) is 14.3. The van der Waals surface area contributed by atoms with Crippen molar-refractivity contribution in [1.82, 2.24) is 24.0 Å². The number of nitrogens with one attached hydrogen (secondary N) is 2. The summed E-state index contributed by atoms with van der Waals surface area (Å²) in [5, 5.41) is 19.9. The summed E-state index contributed by atoms with van der Waals surface area (Å²) < 4.78 is 36.2. The van der Waals surface area contributed by atoms with Crippen LogP contribution >= 0.6 is 7.82 Å². The predicted octanol–water partition coefficient (Wildman–Crippen LogP) is -0.518. The minimum Gasteiger partial charge on any atom is -0.394 e. The Morgan fingerprint density at radius 3 is 1.84 bits per heavy atom. The van der Waals surface area contributed by atoms with Gasteiger partial charge in [-0.05, 0) is 33.5 Å². The van der Waals surface area contributed by atoms with Gasteiger partial charge in [0.2, 0.25) is 0 Å². The number of nitrogens with zero attached hydrogens (tertiary/aromatic N) is 3. The largest absolute Gasteiger partial charge is 0.472 e. The lowest BCUT2D eigenvalue weighted by Gasteiger charge is -2.22. The van der Waals surface area contributed by atoms with Gasteiger partial charge in [-0.2, -0.15) is 0 Å². The van der Waals surface area contributed by atoms with E-state index < -0.39 is 80.4 Å². The normalized spacial score (nSPS) is 26.4. The average molecular weight is 648 g/mol. The van der Waals surface area contributed by atoms with E-state index in [4.69, 9.17) is 18.5 Å². The lowest BCUT2D eigenvalue weighted by molar-refractivity contribution is -0.0576. The van der Waals surface area contributed by atoms with Crippen molar-refractivity contribution >= 4 is 7.82 Å². The Balaban J connectivity index is 0.000000676. The molecule has 4 rings (SSSR count). The second-order valence-electron chi connectivity index (χ2n) is 10.5. The van der Waals surface area contributed by atoms with Gasteiger partial charge in [-0.1, -0.05) is 20.8 Å². The van der Waals surface area contributed by atoms with Crippen LogP contribution < -0.4 is 22.5 Å². The highest BCUT2D eigenvalue weighted by Gasteiger charge is 2.43. The second kappa shape index (κ2) is 15.5. The number of aliphatic hydroxyl groups excluding tert-OH is 2. The van der Waals surface area contributed by atoms with Crippen molar-refractivity contribution in [2.75, 3.05) is 32.8 Å².